The molecule has 0 aromatic carbocycles. The maximum atomic E-state index is 13.5. The quantitative estimate of drug-likeness (QED) is 0.275. The van der Waals surface area contributed by atoms with Crippen LogP contribution in [0.4, 0.5) is 4.39 Å². The number of hydrogen-bond donors (Lipinski definition) is 0. The third kappa shape index (κ3) is 5.56. The Kier molecular flexibility index (Phi) is 8.28. The maximum absolute atomic E-state index is 13.5. The van der Waals surface area contributed by atoms with E-state index in [1.807, 2.05) is 0 Å². The second-order valence-electron chi connectivity index (χ2n) is 2.59. The number of carbonyl (C=O) groups is 1. The molecule has 0 saturated heterocycles. The standard InChI is InChI=1S/C8H16FO7P/c1-4-12-8(10)7(9)17(11,15-13-5-2)16-14-6-3/h7H,4-6H2,1-3H3. The van der Waals surface area contributed by atoms with Crippen molar-refractivity contribution in [2.45, 2.75) is 26.7 Å². The molecule has 0 aromatic rings. The summed E-state index contributed by atoms with van der Waals surface area (Å²) in [5, 5.41) is 0. The fourth-order valence-electron chi connectivity index (χ4n) is 0.680. The van der Waals surface area contributed by atoms with E-state index in [2.05, 4.69) is 23.9 Å². The third-order valence-corrected chi connectivity index (χ3v) is 2.70. The molecule has 1 atom stereocenters. The number of hydrogen-bond acceptors (Lipinski definition) is 7. The van der Waals surface area contributed by atoms with E-state index >= 15 is 0 Å². The first kappa shape index (κ1) is 16.5. The molecule has 17 heavy (non-hydrogen) atoms. The number of rotatable bonds is 9. The smallest absolute Gasteiger partial charge is 0.429 e. The summed E-state index contributed by atoms with van der Waals surface area (Å²) in [7, 11) is -4.51. The largest absolute Gasteiger partial charge is 0.463 e. The van der Waals surface area contributed by atoms with Gasteiger partial charge in [-0.3, -0.25) is 4.57 Å². The van der Waals surface area contributed by atoms with Crippen LogP contribution in [0.25, 0.3) is 0 Å². The van der Waals surface area contributed by atoms with E-state index in [0.717, 1.165) is 0 Å². The molecule has 0 heterocycles. The Hall–Kier alpha value is -0.530. The lowest BCUT2D eigenvalue weighted by molar-refractivity contribution is -0.266. The molecule has 0 aliphatic rings. The Bertz CT molecular complexity index is 261. The van der Waals surface area contributed by atoms with Crippen LogP contribution in [0.2, 0.25) is 0 Å². The fourth-order valence-corrected chi connectivity index (χ4v) is 1.69. The van der Waals surface area contributed by atoms with Gasteiger partial charge in [0, 0.05) is 0 Å². The predicted octanol–water partition coefficient (Wildman–Crippen LogP) is 1.97. The van der Waals surface area contributed by atoms with Crippen molar-refractivity contribution in [3.8, 4) is 0 Å². The average molecular weight is 274 g/mol. The van der Waals surface area contributed by atoms with E-state index in [9.17, 15) is 13.8 Å². The van der Waals surface area contributed by atoms with Crippen LogP contribution >= 0.6 is 7.60 Å². The van der Waals surface area contributed by atoms with Crippen LogP contribution in [0.5, 0.6) is 0 Å². The molecule has 0 fully saturated rings. The second-order valence-corrected chi connectivity index (χ2v) is 4.42. The SMILES string of the molecule is CCOOP(=O)(OOCC)C(F)C(=O)OCC. The Labute approximate surface area is 98.5 Å². The molecule has 102 valence electrons. The average Bonchev–Trinajstić information content (AvgIpc) is 2.33. The highest BCUT2D eigenvalue weighted by Crippen LogP contribution is 2.54. The molecule has 0 spiro atoms. The molecule has 7 nitrogen and oxygen atoms in total. The van der Waals surface area contributed by atoms with Gasteiger partial charge in [-0.1, -0.05) is 0 Å². The summed E-state index contributed by atoms with van der Waals surface area (Å²) < 4.78 is 38.1. The molecule has 1 unspecified atom stereocenters. The first-order valence-corrected chi connectivity index (χ1v) is 6.65. The molecule has 0 aliphatic heterocycles. The first-order chi connectivity index (χ1) is 8.01. The van der Waals surface area contributed by atoms with Gasteiger partial charge in [-0.2, -0.15) is 0 Å². The molecule has 9 heteroatoms. The number of esters is 1. The minimum atomic E-state index is -4.51. The van der Waals surface area contributed by atoms with Gasteiger partial charge in [0.15, 0.2) is 0 Å². The molecule has 0 radical (unpaired) electrons. The van der Waals surface area contributed by atoms with Crippen LogP contribution in [-0.2, 0) is 33.2 Å². The van der Waals surface area contributed by atoms with Crippen LogP contribution in [0.1, 0.15) is 20.8 Å². The fraction of sp³-hybridized carbons (Fsp3) is 0.875. The van der Waals surface area contributed by atoms with Gasteiger partial charge < -0.3 is 4.74 Å². The van der Waals surface area contributed by atoms with E-state index in [1.165, 1.54) is 20.8 Å². The topological polar surface area (TPSA) is 80.3 Å². The van der Waals surface area contributed by atoms with Crippen molar-refractivity contribution in [3.63, 3.8) is 0 Å². The van der Waals surface area contributed by atoms with Crippen LogP contribution in [0.3, 0.4) is 0 Å². The highest BCUT2D eigenvalue weighted by atomic mass is 31.2. The minimum absolute atomic E-state index is 0.00494. The zero-order valence-electron chi connectivity index (χ0n) is 9.88. The van der Waals surface area contributed by atoms with Gasteiger partial charge in [-0.05, 0) is 20.8 Å². The summed E-state index contributed by atoms with van der Waals surface area (Å²) in [4.78, 5) is 19.7. The second kappa shape index (κ2) is 8.54. The number of carbonyl (C=O) groups excluding carboxylic acids is 1. The molecule has 0 aliphatic carbocycles. The van der Waals surface area contributed by atoms with Crippen molar-refractivity contribution >= 4 is 13.6 Å². The van der Waals surface area contributed by atoms with Crippen molar-refractivity contribution in [3.05, 3.63) is 0 Å². The monoisotopic (exact) mass is 274 g/mol. The number of ether oxygens (including phenoxy) is 1. The Morgan fingerprint density at radius 2 is 1.59 bits per heavy atom. The van der Waals surface area contributed by atoms with Gasteiger partial charge in [-0.25, -0.2) is 19.0 Å². The summed E-state index contributed by atoms with van der Waals surface area (Å²) in [5.41, 5.74) is 0. The van der Waals surface area contributed by atoms with Gasteiger partial charge in [0.1, 0.15) is 0 Å². The first-order valence-electron chi connectivity index (χ1n) is 5.04. The third-order valence-electron chi connectivity index (χ3n) is 1.31. The molecule has 0 bridgehead atoms. The zero-order chi connectivity index (χ0) is 13.3. The summed E-state index contributed by atoms with van der Waals surface area (Å²) in [6.45, 7) is 4.43. The Balaban J connectivity index is 4.64. The highest BCUT2D eigenvalue weighted by molar-refractivity contribution is 7.55. The van der Waals surface area contributed by atoms with Gasteiger partial charge in [0.05, 0.1) is 19.8 Å². The van der Waals surface area contributed by atoms with Crippen LogP contribution in [0.15, 0.2) is 0 Å². The normalized spacial score (nSPS) is 13.4. The van der Waals surface area contributed by atoms with Crippen molar-refractivity contribution in [2.24, 2.45) is 0 Å². The Morgan fingerprint density at radius 3 is 1.94 bits per heavy atom. The van der Waals surface area contributed by atoms with E-state index in [1.54, 1.807) is 0 Å². The Morgan fingerprint density at radius 1 is 1.12 bits per heavy atom. The zero-order valence-corrected chi connectivity index (χ0v) is 10.8. The van der Waals surface area contributed by atoms with Crippen molar-refractivity contribution in [1.82, 2.24) is 0 Å². The minimum Gasteiger partial charge on any atom is -0.463 e. The van der Waals surface area contributed by atoms with Crippen LogP contribution < -0.4 is 0 Å². The van der Waals surface area contributed by atoms with E-state index in [-0.39, 0.29) is 19.8 Å². The van der Waals surface area contributed by atoms with Crippen LogP contribution in [-0.4, -0.2) is 31.7 Å². The molecule has 0 saturated carbocycles. The molecule has 0 aromatic heterocycles. The lowest BCUT2D eigenvalue weighted by Crippen LogP contribution is -2.22. The van der Waals surface area contributed by atoms with Gasteiger partial charge in [0.2, 0.25) is 0 Å². The summed E-state index contributed by atoms with van der Waals surface area (Å²) in [5.74, 6) is -3.99. The van der Waals surface area contributed by atoms with Crippen molar-refractivity contribution in [2.75, 3.05) is 19.8 Å². The lowest BCUT2D eigenvalue weighted by atomic mass is 10.7. The predicted molar refractivity (Wildman–Crippen MR) is 54.6 cm³/mol. The summed E-state index contributed by atoms with van der Waals surface area (Å²) >= 11 is 0. The van der Waals surface area contributed by atoms with E-state index in [4.69, 9.17) is 0 Å². The molecule has 0 N–H and O–H groups in total. The summed E-state index contributed by atoms with van der Waals surface area (Å²) in [6, 6.07) is 0. The van der Waals surface area contributed by atoms with Gasteiger partial charge in [-0.15, -0.1) is 9.35 Å². The van der Waals surface area contributed by atoms with Crippen LogP contribution in [0, 0.1) is 0 Å². The number of alkyl halides is 1. The molecular formula is C8H16FO7P. The molecule has 0 rings (SSSR count). The maximum Gasteiger partial charge on any atom is 0.429 e. The number of halogens is 1. The van der Waals surface area contributed by atoms with E-state index < -0.39 is 19.5 Å². The lowest BCUT2D eigenvalue weighted by Gasteiger charge is -2.17. The van der Waals surface area contributed by atoms with Gasteiger partial charge >= 0.3 is 19.5 Å². The molecular weight excluding hydrogens is 258 g/mol. The molecule has 0 amide bonds. The van der Waals surface area contributed by atoms with Crippen molar-refractivity contribution < 1.29 is 37.6 Å². The highest BCUT2D eigenvalue weighted by Gasteiger charge is 2.46. The van der Waals surface area contributed by atoms with E-state index in [0.29, 0.717) is 0 Å². The van der Waals surface area contributed by atoms with Crippen molar-refractivity contribution in [1.29, 1.82) is 0 Å². The summed E-state index contributed by atoms with van der Waals surface area (Å²) in [6.07, 6.45) is 0. The van der Waals surface area contributed by atoms with Gasteiger partial charge in [0.25, 0.3) is 0 Å².